The van der Waals surface area contributed by atoms with Crippen LogP contribution in [0, 0.1) is 0 Å². The highest BCUT2D eigenvalue weighted by molar-refractivity contribution is 6.60. The van der Waals surface area contributed by atoms with Crippen molar-refractivity contribution >= 4 is 8.80 Å². The summed E-state index contributed by atoms with van der Waals surface area (Å²) < 4.78 is 26.8. The standard InChI is InChI=1S/C26H57NO5Si/c1-28-26(29-2)22-19-17-15-13-11-9-7-6-8-10-12-14-16-18-20-23-27-24-21-25-33(30-3,31-4)32-5/h26-27H,6-25H2,1-5H3. The second-order valence-electron chi connectivity index (χ2n) is 9.14. The molecule has 0 heterocycles. The van der Waals surface area contributed by atoms with Crippen LogP contribution in [0.4, 0.5) is 0 Å². The highest BCUT2D eigenvalue weighted by atomic mass is 28.4. The second kappa shape index (κ2) is 25.1. The Balaban J connectivity index is 3.20. The van der Waals surface area contributed by atoms with Crippen LogP contribution in [0.3, 0.4) is 0 Å². The van der Waals surface area contributed by atoms with Gasteiger partial charge < -0.3 is 28.1 Å². The highest BCUT2D eigenvalue weighted by Crippen LogP contribution is 2.15. The monoisotopic (exact) mass is 491 g/mol. The lowest BCUT2D eigenvalue weighted by molar-refractivity contribution is -0.107. The van der Waals surface area contributed by atoms with Crippen molar-refractivity contribution in [1.82, 2.24) is 5.32 Å². The number of ether oxygens (including phenoxy) is 2. The van der Waals surface area contributed by atoms with Gasteiger partial charge >= 0.3 is 8.80 Å². The first-order valence-electron chi connectivity index (χ1n) is 13.6. The third-order valence-electron chi connectivity index (χ3n) is 6.59. The van der Waals surface area contributed by atoms with E-state index in [1.54, 1.807) is 35.5 Å². The van der Waals surface area contributed by atoms with Gasteiger partial charge in [0.05, 0.1) is 0 Å². The van der Waals surface area contributed by atoms with Crippen molar-refractivity contribution < 1.29 is 22.8 Å². The van der Waals surface area contributed by atoms with Gasteiger partial charge in [0.2, 0.25) is 0 Å². The molecule has 0 unspecified atom stereocenters. The minimum Gasteiger partial charge on any atom is -0.377 e. The van der Waals surface area contributed by atoms with Crippen molar-refractivity contribution in [1.29, 1.82) is 0 Å². The molecule has 0 atom stereocenters. The fourth-order valence-corrected chi connectivity index (χ4v) is 6.02. The molecular formula is C26H57NO5Si. The molecule has 0 spiro atoms. The van der Waals surface area contributed by atoms with Crippen LogP contribution in [0.15, 0.2) is 0 Å². The topological polar surface area (TPSA) is 58.2 Å². The van der Waals surface area contributed by atoms with E-state index >= 15 is 0 Å². The molecule has 33 heavy (non-hydrogen) atoms. The molecule has 6 nitrogen and oxygen atoms in total. The van der Waals surface area contributed by atoms with E-state index in [1.807, 2.05) is 0 Å². The lowest BCUT2D eigenvalue weighted by Crippen LogP contribution is -2.43. The van der Waals surface area contributed by atoms with Crippen LogP contribution in [-0.2, 0) is 22.8 Å². The van der Waals surface area contributed by atoms with Crippen LogP contribution >= 0.6 is 0 Å². The van der Waals surface area contributed by atoms with Crippen LogP contribution < -0.4 is 5.32 Å². The molecule has 0 saturated carbocycles. The molecular weight excluding hydrogens is 434 g/mol. The van der Waals surface area contributed by atoms with Crippen molar-refractivity contribution in [2.24, 2.45) is 0 Å². The van der Waals surface area contributed by atoms with Crippen LogP contribution in [0.1, 0.15) is 109 Å². The Bertz CT molecular complexity index is 373. The molecule has 0 aromatic rings. The van der Waals surface area contributed by atoms with Crippen molar-refractivity contribution in [3.05, 3.63) is 0 Å². The lowest BCUT2D eigenvalue weighted by atomic mass is 10.0. The predicted molar refractivity (Wildman–Crippen MR) is 141 cm³/mol. The summed E-state index contributed by atoms with van der Waals surface area (Å²) in [4.78, 5) is 0. The minimum atomic E-state index is -2.38. The van der Waals surface area contributed by atoms with E-state index in [0.717, 1.165) is 32.0 Å². The average molecular weight is 492 g/mol. The van der Waals surface area contributed by atoms with E-state index in [2.05, 4.69) is 5.32 Å². The third-order valence-corrected chi connectivity index (χ3v) is 9.42. The van der Waals surface area contributed by atoms with Gasteiger partial charge in [-0.15, -0.1) is 0 Å². The van der Waals surface area contributed by atoms with Crippen LogP contribution in [0.2, 0.25) is 6.04 Å². The van der Waals surface area contributed by atoms with Crippen LogP contribution in [0.25, 0.3) is 0 Å². The minimum absolute atomic E-state index is 0.0143. The third kappa shape index (κ3) is 19.9. The number of unbranched alkanes of at least 4 members (excludes halogenated alkanes) is 14. The Kier molecular flexibility index (Phi) is 25.1. The Morgan fingerprint density at radius 3 is 1.24 bits per heavy atom. The Morgan fingerprint density at radius 2 is 0.848 bits per heavy atom. The molecule has 0 aromatic heterocycles. The first-order chi connectivity index (χ1) is 16.2. The van der Waals surface area contributed by atoms with E-state index in [0.29, 0.717) is 0 Å². The van der Waals surface area contributed by atoms with Gasteiger partial charge in [-0.1, -0.05) is 83.5 Å². The predicted octanol–water partition coefficient (Wildman–Crippen LogP) is 6.70. The molecule has 0 aliphatic rings. The summed E-state index contributed by atoms with van der Waals surface area (Å²) in [6, 6.07) is 0.870. The summed E-state index contributed by atoms with van der Waals surface area (Å²) in [5, 5.41) is 3.53. The lowest BCUT2D eigenvalue weighted by Gasteiger charge is -2.24. The summed E-state index contributed by atoms with van der Waals surface area (Å²) in [6.07, 6.45) is 22.6. The smallest absolute Gasteiger partial charge is 0.377 e. The van der Waals surface area contributed by atoms with Crippen LogP contribution in [0.5, 0.6) is 0 Å². The zero-order valence-corrected chi connectivity index (χ0v) is 23.8. The zero-order valence-electron chi connectivity index (χ0n) is 22.8. The summed E-state index contributed by atoms with van der Waals surface area (Å²) in [5.41, 5.74) is 0. The van der Waals surface area contributed by atoms with Gasteiger partial charge in [-0.2, -0.15) is 0 Å². The van der Waals surface area contributed by atoms with Crippen LogP contribution in [-0.4, -0.2) is 63.7 Å². The first kappa shape index (κ1) is 33.0. The number of hydrogen-bond acceptors (Lipinski definition) is 6. The molecule has 0 aromatic carbocycles. The average Bonchev–Trinajstić information content (AvgIpc) is 2.85. The Hall–Kier alpha value is -0.0231. The van der Waals surface area contributed by atoms with Crippen molar-refractivity contribution in [3.63, 3.8) is 0 Å². The largest absolute Gasteiger partial charge is 0.500 e. The summed E-state index contributed by atoms with van der Waals surface area (Å²) in [5.74, 6) is 0. The maximum absolute atomic E-state index is 5.45. The van der Waals surface area contributed by atoms with Crippen molar-refractivity contribution in [2.45, 2.75) is 121 Å². The van der Waals surface area contributed by atoms with Gasteiger partial charge in [-0.05, 0) is 38.8 Å². The molecule has 0 aliphatic heterocycles. The maximum atomic E-state index is 5.45. The van der Waals surface area contributed by atoms with Gasteiger partial charge in [-0.25, -0.2) is 0 Å². The normalized spacial score (nSPS) is 12.2. The molecule has 0 amide bonds. The number of hydrogen-bond donors (Lipinski definition) is 1. The van der Waals surface area contributed by atoms with Gasteiger partial charge in [-0.3, -0.25) is 0 Å². The second-order valence-corrected chi connectivity index (χ2v) is 12.2. The number of nitrogens with one attached hydrogen (secondary N) is 1. The highest BCUT2D eigenvalue weighted by Gasteiger charge is 2.36. The molecule has 0 fully saturated rings. The molecule has 0 saturated heterocycles. The van der Waals surface area contributed by atoms with E-state index < -0.39 is 8.80 Å². The van der Waals surface area contributed by atoms with Gasteiger partial charge in [0.15, 0.2) is 6.29 Å². The fourth-order valence-electron chi connectivity index (χ4n) is 4.30. The van der Waals surface area contributed by atoms with E-state index in [9.17, 15) is 0 Å². The first-order valence-corrected chi connectivity index (χ1v) is 15.5. The summed E-state index contributed by atoms with van der Waals surface area (Å²) in [7, 11) is 6.10. The molecule has 0 aliphatic carbocycles. The van der Waals surface area contributed by atoms with Crippen molar-refractivity contribution in [2.75, 3.05) is 48.6 Å². The number of rotatable bonds is 27. The Labute approximate surface area is 207 Å². The molecule has 0 rings (SSSR count). The molecule has 7 heteroatoms. The fraction of sp³-hybridized carbons (Fsp3) is 1.00. The van der Waals surface area contributed by atoms with Crippen molar-refractivity contribution in [3.8, 4) is 0 Å². The summed E-state index contributed by atoms with van der Waals surface area (Å²) in [6.45, 7) is 2.12. The van der Waals surface area contributed by atoms with E-state index in [1.165, 1.54) is 96.3 Å². The van der Waals surface area contributed by atoms with Gasteiger partial charge in [0, 0.05) is 41.6 Å². The molecule has 0 bridgehead atoms. The molecule has 0 radical (unpaired) electrons. The van der Waals surface area contributed by atoms with Gasteiger partial charge in [0.25, 0.3) is 0 Å². The number of methoxy groups -OCH3 is 2. The zero-order chi connectivity index (χ0) is 24.5. The quantitative estimate of drug-likeness (QED) is 0.0783. The van der Waals surface area contributed by atoms with E-state index in [-0.39, 0.29) is 6.29 Å². The maximum Gasteiger partial charge on any atom is 0.500 e. The van der Waals surface area contributed by atoms with E-state index in [4.69, 9.17) is 22.8 Å². The summed E-state index contributed by atoms with van der Waals surface area (Å²) >= 11 is 0. The van der Waals surface area contributed by atoms with Gasteiger partial charge in [0.1, 0.15) is 0 Å². The Morgan fingerprint density at radius 1 is 0.485 bits per heavy atom. The molecule has 200 valence electrons. The SMILES string of the molecule is COC(CCCCCCCCCCCCCCCCCNCCC[Si](OC)(OC)OC)OC. The molecule has 1 N–H and O–H groups in total.